The van der Waals surface area contributed by atoms with Gasteiger partial charge in [0.1, 0.15) is 6.54 Å². The molecule has 22 heavy (non-hydrogen) atoms. The summed E-state index contributed by atoms with van der Waals surface area (Å²) in [7, 11) is 0. The first kappa shape index (κ1) is 21.5. The Kier molecular flexibility index (Phi) is 12.6. The van der Waals surface area contributed by atoms with Crippen molar-refractivity contribution in [2.45, 2.75) is 77.8 Å². The summed E-state index contributed by atoms with van der Waals surface area (Å²) in [5, 5.41) is 9.53. The molecule has 0 aromatic carbocycles. The van der Waals surface area contributed by atoms with Crippen LogP contribution in [0.15, 0.2) is 4.99 Å². The van der Waals surface area contributed by atoms with Crippen molar-refractivity contribution in [1.82, 2.24) is 16.0 Å². The largest absolute Gasteiger partial charge is 0.357 e. The van der Waals surface area contributed by atoms with Crippen LogP contribution in [-0.2, 0) is 4.79 Å². The van der Waals surface area contributed by atoms with Crippen molar-refractivity contribution in [3.63, 3.8) is 0 Å². The topological polar surface area (TPSA) is 65.5 Å². The number of halogens is 1. The molecular formula is C16H33IN4O. The van der Waals surface area contributed by atoms with Gasteiger partial charge in [0.15, 0.2) is 5.96 Å². The van der Waals surface area contributed by atoms with E-state index in [0.29, 0.717) is 12.1 Å². The van der Waals surface area contributed by atoms with Crippen LogP contribution in [0.25, 0.3) is 0 Å². The summed E-state index contributed by atoms with van der Waals surface area (Å²) in [5.41, 5.74) is 0. The molecule has 0 aromatic rings. The molecule has 0 bridgehead atoms. The van der Waals surface area contributed by atoms with Gasteiger partial charge in [0.25, 0.3) is 0 Å². The summed E-state index contributed by atoms with van der Waals surface area (Å²) in [6.45, 7) is 7.44. The number of hydrogen-bond acceptors (Lipinski definition) is 2. The number of carbonyl (C=O) groups is 1. The Morgan fingerprint density at radius 2 is 1.95 bits per heavy atom. The van der Waals surface area contributed by atoms with Crippen molar-refractivity contribution in [3.8, 4) is 0 Å². The van der Waals surface area contributed by atoms with Crippen molar-refractivity contribution >= 4 is 35.8 Å². The Morgan fingerprint density at radius 3 is 2.55 bits per heavy atom. The summed E-state index contributed by atoms with van der Waals surface area (Å²) in [4.78, 5) is 16.0. The first-order valence-corrected chi connectivity index (χ1v) is 8.49. The molecule has 3 N–H and O–H groups in total. The van der Waals surface area contributed by atoms with Crippen LogP contribution in [0.4, 0.5) is 0 Å². The number of aliphatic imine (C=N–C) groups is 1. The molecule has 1 atom stereocenters. The van der Waals surface area contributed by atoms with Crippen LogP contribution in [0.5, 0.6) is 0 Å². The van der Waals surface area contributed by atoms with Crippen molar-refractivity contribution < 1.29 is 4.79 Å². The molecule has 1 fully saturated rings. The Labute approximate surface area is 152 Å². The summed E-state index contributed by atoms with van der Waals surface area (Å²) in [5.74, 6) is 0.761. The zero-order valence-corrected chi connectivity index (χ0v) is 16.6. The molecule has 0 saturated heterocycles. The fourth-order valence-corrected chi connectivity index (χ4v) is 2.15. The van der Waals surface area contributed by atoms with E-state index in [1.807, 2.05) is 6.92 Å². The maximum atomic E-state index is 11.7. The monoisotopic (exact) mass is 424 g/mol. The van der Waals surface area contributed by atoms with E-state index in [9.17, 15) is 4.79 Å². The SMILES string of the molecule is CCCCCCC(C)NC(=NCC(=O)NC1CC1)NCC.I. The second-order valence-corrected chi connectivity index (χ2v) is 5.93. The van der Waals surface area contributed by atoms with Crippen molar-refractivity contribution in [2.24, 2.45) is 4.99 Å². The molecule has 1 rings (SSSR count). The molecule has 1 unspecified atom stereocenters. The molecule has 6 heteroatoms. The second kappa shape index (κ2) is 13.0. The molecule has 0 spiro atoms. The fourth-order valence-electron chi connectivity index (χ4n) is 2.15. The minimum Gasteiger partial charge on any atom is -0.357 e. The fraction of sp³-hybridized carbons (Fsp3) is 0.875. The Bertz CT molecular complexity index is 332. The summed E-state index contributed by atoms with van der Waals surface area (Å²) in [6, 6.07) is 0.784. The lowest BCUT2D eigenvalue weighted by molar-refractivity contribution is -0.119. The van der Waals surface area contributed by atoms with Crippen LogP contribution in [-0.4, -0.2) is 37.0 Å². The van der Waals surface area contributed by atoms with Gasteiger partial charge in [-0.05, 0) is 33.1 Å². The van der Waals surface area contributed by atoms with Gasteiger partial charge in [0.2, 0.25) is 5.91 Å². The highest BCUT2D eigenvalue weighted by molar-refractivity contribution is 14.0. The van der Waals surface area contributed by atoms with Gasteiger partial charge in [-0.15, -0.1) is 24.0 Å². The smallest absolute Gasteiger partial charge is 0.242 e. The molecular weight excluding hydrogens is 391 g/mol. The second-order valence-electron chi connectivity index (χ2n) is 5.93. The predicted octanol–water partition coefficient (Wildman–Crippen LogP) is 2.80. The molecule has 0 radical (unpaired) electrons. The Hall–Kier alpha value is -0.530. The summed E-state index contributed by atoms with van der Waals surface area (Å²) >= 11 is 0. The van der Waals surface area contributed by atoms with Gasteiger partial charge in [-0.3, -0.25) is 4.79 Å². The van der Waals surface area contributed by atoms with Crippen molar-refractivity contribution in [3.05, 3.63) is 0 Å². The maximum Gasteiger partial charge on any atom is 0.242 e. The average Bonchev–Trinajstić information content (AvgIpc) is 3.25. The number of hydrogen-bond donors (Lipinski definition) is 3. The summed E-state index contributed by atoms with van der Waals surface area (Å²) in [6.07, 6.45) is 8.47. The highest BCUT2D eigenvalue weighted by Crippen LogP contribution is 2.18. The lowest BCUT2D eigenvalue weighted by Crippen LogP contribution is -2.43. The Morgan fingerprint density at radius 1 is 1.23 bits per heavy atom. The van der Waals surface area contributed by atoms with E-state index in [1.54, 1.807) is 0 Å². The number of unbranched alkanes of at least 4 members (excludes halogenated alkanes) is 3. The van der Waals surface area contributed by atoms with E-state index >= 15 is 0 Å². The van der Waals surface area contributed by atoms with Crippen LogP contribution in [0.3, 0.4) is 0 Å². The van der Waals surface area contributed by atoms with Crippen molar-refractivity contribution in [1.29, 1.82) is 0 Å². The van der Waals surface area contributed by atoms with Gasteiger partial charge in [0, 0.05) is 18.6 Å². The maximum absolute atomic E-state index is 11.7. The normalized spacial score (nSPS) is 15.7. The van der Waals surface area contributed by atoms with E-state index in [-0.39, 0.29) is 36.4 Å². The Balaban J connectivity index is 0.00000441. The molecule has 0 heterocycles. The minimum absolute atomic E-state index is 0. The number of nitrogens with one attached hydrogen (secondary N) is 3. The number of carbonyl (C=O) groups excluding carboxylic acids is 1. The molecule has 1 saturated carbocycles. The van der Waals surface area contributed by atoms with Crippen LogP contribution in [0, 0.1) is 0 Å². The average molecular weight is 424 g/mol. The van der Waals surface area contributed by atoms with E-state index < -0.39 is 0 Å². The van der Waals surface area contributed by atoms with Crippen molar-refractivity contribution in [2.75, 3.05) is 13.1 Å². The van der Waals surface area contributed by atoms with Gasteiger partial charge in [0.05, 0.1) is 0 Å². The molecule has 1 amide bonds. The van der Waals surface area contributed by atoms with E-state index in [2.05, 4.69) is 34.8 Å². The number of amides is 1. The van der Waals surface area contributed by atoms with Crippen LogP contribution >= 0.6 is 24.0 Å². The minimum atomic E-state index is 0. The van der Waals surface area contributed by atoms with Gasteiger partial charge in [-0.25, -0.2) is 4.99 Å². The highest BCUT2D eigenvalue weighted by Gasteiger charge is 2.22. The van der Waals surface area contributed by atoms with Gasteiger partial charge >= 0.3 is 0 Å². The first-order valence-electron chi connectivity index (χ1n) is 8.49. The van der Waals surface area contributed by atoms with E-state index in [4.69, 9.17) is 0 Å². The quantitative estimate of drug-likeness (QED) is 0.219. The van der Waals surface area contributed by atoms with E-state index in [0.717, 1.165) is 31.8 Å². The zero-order chi connectivity index (χ0) is 15.5. The summed E-state index contributed by atoms with van der Waals surface area (Å²) < 4.78 is 0. The van der Waals surface area contributed by atoms with Crippen LogP contribution < -0.4 is 16.0 Å². The highest BCUT2D eigenvalue weighted by atomic mass is 127. The molecule has 5 nitrogen and oxygen atoms in total. The third-order valence-corrected chi connectivity index (χ3v) is 3.54. The lowest BCUT2D eigenvalue weighted by Gasteiger charge is -2.17. The molecule has 1 aliphatic carbocycles. The van der Waals surface area contributed by atoms with Crippen LogP contribution in [0.1, 0.15) is 65.7 Å². The number of guanidine groups is 1. The van der Waals surface area contributed by atoms with E-state index in [1.165, 1.54) is 25.7 Å². The zero-order valence-electron chi connectivity index (χ0n) is 14.3. The lowest BCUT2D eigenvalue weighted by atomic mass is 10.1. The first-order chi connectivity index (χ1) is 10.2. The predicted molar refractivity (Wildman–Crippen MR) is 104 cm³/mol. The van der Waals surface area contributed by atoms with Gasteiger partial charge in [-0.2, -0.15) is 0 Å². The third kappa shape index (κ3) is 11.1. The molecule has 1 aliphatic rings. The van der Waals surface area contributed by atoms with Gasteiger partial charge in [-0.1, -0.05) is 32.6 Å². The third-order valence-electron chi connectivity index (χ3n) is 3.54. The van der Waals surface area contributed by atoms with Gasteiger partial charge < -0.3 is 16.0 Å². The molecule has 0 aliphatic heterocycles. The number of nitrogens with zero attached hydrogens (tertiary/aromatic N) is 1. The standard InChI is InChI=1S/C16H32N4O.HI/c1-4-6-7-8-9-13(3)19-16(17-5-2)18-12-15(21)20-14-10-11-14;/h13-14H,4-12H2,1-3H3,(H,20,21)(H2,17,18,19);1H. The number of rotatable bonds is 10. The van der Waals surface area contributed by atoms with Crippen LogP contribution in [0.2, 0.25) is 0 Å². The molecule has 0 aromatic heterocycles. The molecule has 130 valence electrons.